The Morgan fingerprint density at radius 3 is 1.75 bits per heavy atom. The van der Waals surface area contributed by atoms with Gasteiger partial charge in [-0.25, -0.2) is 0 Å². The Balaban J connectivity index is 1.28. The number of piperazine rings is 2. The van der Waals surface area contributed by atoms with Gasteiger partial charge in [0.1, 0.15) is 6.61 Å². The van der Waals surface area contributed by atoms with Crippen molar-refractivity contribution in [3.63, 3.8) is 0 Å². The third-order valence-electron chi connectivity index (χ3n) is 6.36. The van der Waals surface area contributed by atoms with E-state index in [1.165, 1.54) is 0 Å². The molecular formula is C24H48N6O6. The average Bonchev–Trinajstić information content (AvgIpc) is 2.89. The first-order valence-electron chi connectivity index (χ1n) is 13.2. The van der Waals surface area contributed by atoms with E-state index in [0.29, 0.717) is 52.7 Å². The van der Waals surface area contributed by atoms with Crippen molar-refractivity contribution < 1.29 is 28.5 Å². The zero-order valence-electron chi connectivity index (χ0n) is 22.4. The lowest BCUT2D eigenvalue weighted by Crippen LogP contribution is -2.49. The summed E-state index contributed by atoms with van der Waals surface area (Å²) < 4.78 is 22.1. The second-order valence-electron chi connectivity index (χ2n) is 9.18. The molecule has 0 aromatic carbocycles. The molecule has 2 aliphatic heterocycles. The van der Waals surface area contributed by atoms with E-state index in [1.54, 1.807) is 7.05 Å². The maximum Gasteiger partial charge on any atom is 0.246 e. The van der Waals surface area contributed by atoms with Gasteiger partial charge in [-0.1, -0.05) is 0 Å². The van der Waals surface area contributed by atoms with Crippen LogP contribution in [0.1, 0.15) is 0 Å². The zero-order valence-corrected chi connectivity index (χ0v) is 22.4. The minimum Gasteiger partial charge on any atom is -0.378 e. The summed E-state index contributed by atoms with van der Waals surface area (Å²) in [5.41, 5.74) is 0. The first kappa shape index (κ1) is 30.8. The normalized spacial score (nSPS) is 18.4. The van der Waals surface area contributed by atoms with Gasteiger partial charge in [-0.3, -0.25) is 24.3 Å². The number of carbonyl (C=O) groups excluding carboxylic acids is 2. The van der Waals surface area contributed by atoms with E-state index in [1.807, 2.05) is 0 Å². The number of amides is 2. The number of hydrogen-bond acceptors (Lipinski definition) is 10. The number of likely N-dealkylation sites (N-methyl/N-ethyl adjacent to an activating group) is 2. The fraction of sp³-hybridized carbons (Fsp3) is 0.917. The molecule has 0 atom stereocenters. The summed E-state index contributed by atoms with van der Waals surface area (Å²) in [6, 6.07) is 0. The molecule has 2 fully saturated rings. The summed E-state index contributed by atoms with van der Waals surface area (Å²) in [7, 11) is 3.82. The van der Waals surface area contributed by atoms with Gasteiger partial charge in [0, 0.05) is 79.0 Å². The smallest absolute Gasteiger partial charge is 0.246 e. The Morgan fingerprint density at radius 1 is 0.639 bits per heavy atom. The van der Waals surface area contributed by atoms with E-state index in [0.717, 1.165) is 72.1 Å². The summed E-state index contributed by atoms with van der Waals surface area (Å²) in [5, 5.41) is 5.45. The Bertz CT molecular complexity index is 585. The van der Waals surface area contributed by atoms with Crippen molar-refractivity contribution >= 4 is 11.8 Å². The lowest BCUT2D eigenvalue weighted by atomic mass is 10.3. The van der Waals surface area contributed by atoms with Crippen LogP contribution in [0, 0.1) is 0 Å². The Labute approximate surface area is 216 Å². The predicted octanol–water partition coefficient (Wildman–Crippen LogP) is -2.22. The fourth-order valence-electron chi connectivity index (χ4n) is 3.93. The van der Waals surface area contributed by atoms with Crippen LogP contribution < -0.4 is 10.6 Å². The Kier molecular flexibility index (Phi) is 16.9. The molecule has 0 spiro atoms. The second kappa shape index (κ2) is 19.7. The van der Waals surface area contributed by atoms with Crippen molar-refractivity contribution in [1.82, 2.24) is 30.2 Å². The quantitative estimate of drug-likeness (QED) is 0.183. The second-order valence-corrected chi connectivity index (χ2v) is 9.18. The highest BCUT2D eigenvalue weighted by Crippen LogP contribution is 2.01. The molecule has 0 aromatic heterocycles. The topological polar surface area (TPSA) is 108 Å². The summed E-state index contributed by atoms with van der Waals surface area (Å²) in [6.07, 6.45) is 0. The van der Waals surface area contributed by atoms with Gasteiger partial charge in [0.2, 0.25) is 11.8 Å². The number of ether oxygens (including phenoxy) is 4. The number of nitrogens with zero attached hydrogens (tertiary/aromatic N) is 4. The molecule has 12 nitrogen and oxygen atoms in total. The standard InChI is InChI=1S/C24H48N6O6/c1-25-23(31)21-30-10-8-29(9-11-30)12-15-33-14-3-26-24(32)22-36-20-19-35-18-17-34-16-13-28-6-4-27(2)5-7-28/h3-22H2,1-2H3,(H,25,31)(H,26,32). The summed E-state index contributed by atoms with van der Waals surface area (Å²) in [4.78, 5) is 32.5. The lowest BCUT2D eigenvalue weighted by molar-refractivity contribution is -0.126. The van der Waals surface area contributed by atoms with Crippen LogP contribution >= 0.6 is 0 Å². The molecule has 0 unspecified atom stereocenters. The minimum atomic E-state index is -0.155. The van der Waals surface area contributed by atoms with Crippen molar-refractivity contribution in [3.05, 3.63) is 0 Å². The molecular weight excluding hydrogens is 468 g/mol. The molecule has 2 aliphatic rings. The maximum absolute atomic E-state index is 11.8. The molecule has 2 rings (SSSR count). The van der Waals surface area contributed by atoms with Crippen LogP contribution in [0.25, 0.3) is 0 Å². The molecule has 2 N–H and O–H groups in total. The number of carbonyl (C=O) groups is 2. The van der Waals surface area contributed by atoms with Gasteiger partial charge in [0.15, 0.2) is 0 Å². The first-order valence-corrected chi connectivity index (χ1v) is 13.2. The van der Waals surface area contributed by atoms with Gasteiger partial charge >= 0.3 is 0 Å². The van der Waals surface area contributed by atoms with Crippen LogP contribution in [0.4, 0.5) is 0 Å². The van der Waals surface area contributed by atoms with Crippen LogP contribution in [0.15, 0.2) is 0 Å². The van der Waals surface area contributed by atoms with Crippen LogP contribution in [0.2, 0.25) is 0 Å². The van der Waals surface area contributed by atoms with Gasteiger partial charge in [-0.2, -0.15) is 0 Å². The maximum atomic E-state index is 11.8. The molecule has 0 bridgehead atoms. The molecule has 0 radical (unpaired) electrons. The van der Waals surface area contributed by atoms with Gasteiger partial charge in [-0.05, 0) is 7.05 Å². The molecule has 0 saturated carbocycles. The van der Waals surface area contributed by atoms with E-state index in [-0.39, 0.29) is 18.4 Å². The highest BCUT2D eigenvalue weighted by atomic mass is 16.5. The minimum absolute atomic E-state index is 0.0191. The van der Waals surface area contributed by atoms with E-state index >= 15 is 0 Å². The van der Waals surface area contributed by atoms with Gasteiger partial charge in [0.25, 0.3) is 0 Å². The Morgan fingerprint density at radius 2 is 1.14 bits per heavy atom. The van der Waals surface area contributed by atoms with Crippen LogP contribution in [-0.4, -0.2) is 177 Å². The van der Waals surface area contributed by atoms with Crippen molar-refractivity contribution in [3.8, 4) is 0 Å². The number of rotatable bonds is 19. The van der Waals surface area contributed by atoms with Crippen molar-refractivity contribution in [2.24, 2.45) is 0 Å². The van der Waals surface area contributed by atoms with E-state index < -0.39 is 0 Å². The largest absolute Gasteiger partial charge is 0.378 e. The van der Waals surface area contributed by atoms with Gasteiger partial charge in [-0.15, -0.1) is 0 Å². The van der Waals surface area contributed by atoms with E-state index in [4.69, 9.17) is 18.9 Å². The molecule has 12 heteroatoms. The third-order valence-corrected chi connectivity index (χ3v) is 6.36. The summed E-state index contributed by atoms with van der Waals surface area (Å²) in [6.45, 7) is 14.6. The molecule has 36 heavy (non-hydrogen) atoms. The SMILES string of the molecule is CNC(=O)CN1CCN(CCOCCNC(=O)COCCOCCOCCN2CCN(C)CC2)CC1. The number of hydrogen-bond donors (Lipinski definition) is 2. The van der Waals surface area contributed by atoms with Crippen molar-refractivity contribution in [2.75, 3.05) is 145 Å². The predicted molar refractivity (Wildman–Crippen MR) is 137 cm³/mol. The zero-order chi connectivity index (χ0) is 25.8. The molecule has 210 valence electrons. The summed E-state index contributed by atoms with van der Waals surface area (Å²) in [5.74, 6) is -0.0984. The first-order chi connectivity index (χ1) is 17.6. The Hall–Kier alpha value is -1.38. The molecule has 0 aliphatic carbocycles. The molecule has 2 heterocycles. The van der Waals surface area contributed by atoms with Crippen LogP contribution in [0.3, 0.4) is 0 Å². The highest BCUT2D eigenvalue weighted by molar-refractivity contribution is 5.77. The van der Waals surface area contributed by atoms with Crippen molar-refractivity contribution in [1.29, 1.82) is 0 Å². The lowest BCUT2D eigenvalue weighted by Gasteiger charge is -2.34. The molecule has 2 saturated heterocycles. The fourth-order valence-corrected chi connectivity index (χ4v) is 3.93. The third kappa shape index (κ3) is 15.0. The van der Waals surface area contributed by atoms with E-state index in [2.05, 4.69) is 37.3 Å². The van der Waals surface area contributed by atoms with Crippen LogP contribution in [-0.2, 0) is 28.5 Å². The number of nitrogens with one attached hydrogen (secondary N) is 2. The average molecular weight is 517 g/mol. The molecule has 0 aromatic rings. The van der Waals surface area contributed by atoms with Gasteiger partial charge < -0.3 is 34.5 Å². The van der Waals surface area contributed by atoms with Crippen molar-refractivity contribution in [2.45, 2.75) is 0 Å². The monoisotopic (exact) mass is 516 g/mol. The van der Waals surface area contributed by atoms with Crippen LogP contribution in [0.5, 0.6) is 0 Å². The molecule has 2 amide bonds. The van der Waals surface area contributed by atoms with Gasteiger partial charge in [0.05, 0.1) is 52.8 Å². The van der Waals surface area contributed by atoms with E-state index in [9.17, 15) is 9.59 Å². The highest BCUT2D eigenvalue weighted by Gasteiger charge is 2.18. The summed E-state index contributed by atoms with van der Waals surface area (Å²) >= 11 is 0.